The number of amides is 1. The molecule has 0 bridgehead atoms. The Morgan fingerprint density at radius 2 is 1.75 bits per heavy atom. The largest absolute Gasteiger partial charge is 0.462 e. The molecule has 1 heterocycles. The van der Waals surface area contributed by atoms with Crippen LogP contribution in [0.1, 0.15) is 30.9 Å². The number of thioether (sulfide) groups is 1. The first-order valence-electron chi connectivity index (χ1n) is 10.5. The molecule has 0 saturated carbocycles. The predicted octanol–water partition coefficient (Wildman–Crippen LogP) is 4.23. The van der Waals surface area contributed by atoms with Crippen LogP contribution in [0.4, 0.5) is 5.69 Å². The van der Waals surface area contributed by atoms with Gasteiger partial charge in [-0.3, -0.25) is 9.59 Å². The van der Waals surface area contributed by atoms with E-state index in [0.717, 1.165) is 30.2 Å². The quantitative estimate of drug-likeness (QED) is 0.304. The second kappa shape index (κ2) is 10.5. The van der Waals surface area contributed by atoms with Crippen LogP contribution in [0.2, 0.25) is 0 Å². The van der Waals surface area contributed by atoms with Crippen molar-refractivity contribution < 1.29 is 23.9 Å². The minimum atomic E-state index is -1.44. The summed E-state index contributed by atoms with van der Waals surface area (Å²) in [6.45, 7) is 6.33. The fraction of sp³-hybridized carbons (Fsp3) is 0.320. The third-order valence-electron chi connectivity index (χ3n) is 5.30. The monoisotopic (exact) mass is 453 g/mol. The van der Waals surface area contributed by atoms with E-state index in [1.54, 1.807) is 25.2 Å². The van der Waals surface area contributed by atoms with E-state index in [4.69, 9.17) is 9.47 Å². The number of carbonyl (C=O) groups is 3. The van der Waals surface area contributed by atoms with Crippen LogP contribution in [0.5, 0.6) is 0 Å². The number of rotatable bonds is 10. The summed E-state index contributed by atoms with van der Waals surface area (Å²) in [5.74, 6) is -1.58. The first-order chi connectivity index (χ1) is 15.4. The number of hydrogen-bond donors (Lipinski definition) is 0. The predicted molar refractivity (Wildman–Crippen MR) is 125 cm³/mol. The maximum absolute atomic E-state index is 13.4. The van der Waals surface area contributed by atoms with Gasteiger partial charge in [-0.25, -0.2) is 4.79 Å². The van der Waals surface area contributed by atoms with Crippen LogP contribution in [0.25, 0.3) is 0 Å². The number of ether oxygens (including phenoxy) is 2. The zero-order valence-corrected chi connectivity index (χ0v) is 19.2. The van der Waals surface area contributed by atoms with Crippen LogP contribution in [0.15, 0.2) is 66.7 Å². The Labute approximate surface area is 192 Å². The second-order valence-electron chi connectivity index (χ2n) is 7.47. The van der Waals surface area contributed by atoms with E-state index in [9.17, 15) is 14.4 Å². The molecule has 2 aromatic carbocycles. The Morgan fingerprint density at radius 1 is 1.06 bits per heavy atom. The van der Waals surface area contributed by atoms with E-state index in [0.29, 0.717) is 11.3 Å². The molecular formula is C25H27NO5S. The van der Waals surface area contributed by atoms with Crippen molar-refractivity contribution in [3.8, 4) is 0 Å². The second-order valence-corrected chi connectivity index (χ2v) is 8.66. The van der Waals surface area contributed by atoms with Gasteiger partial charge < -0.3 is 14.4 Å². The Balaban J connectivity index is 1.82. The molecule has 1 aliphatic heterocycles. The topological polar surface area (TPSA) is 72.9 Å². The van der Waals surface area contributed by atoms with E-state index < -0.39 is 16.7 Å². The lowest BCUT2D eigenvalue weighted by Gasteiger charge is -2.28. The average Bonchev–Trinajstić information content (AvgIpc) is 3.04. The van der Waals surface area contributed by atoms with Gasteiger partial charge in [-0.1, -0.05) is 68.5 Å². The van der Waals surface area contributed by atoms with Crippen molar-refractivity contribution in [1.29, 1.82) is 0 Å². The van der Waals surface area contributed by atoms with Gasteiger partial charge in [0.2, 0.25) is 0 Å². The van der Waals surface area contributed by atoms with Crippen LogP contribution in [0.3, 0.4) is 0 Å². The summed E-state index contributed by atoms with van der Waals surface area (Å²) in [4.78, 5) is 40.2. The Kier molecular flexibility index (Phi) is 7.75. The SMILES string of the molecule is C=C(C(=O)OCCCC)C1(SCC(=O)OCc2ccccc2)C(=O)N(C)c2ccccc21. The minimum Gasteiger partial charge on any atom is -0.462 e. The summed E-state index contributed by atoms with van der Waals surface area (Å²) in [6.07, 6.45) is 1.59. The zero-order chi connectivity index (χ0) is 23.1. The molecule has 3 rings (SSSR count). The number of para-hydroxylation sites is 1. The number of hydrogen-bond acceptors (Lipinski definition) is 6. The van der Waals surface area contributed by atoms with Crippen LogP contribution >= 0.6 is 11.8 Å². The van der Waals surface area contributed by atoms with Gasteiger partial charge in [-0.05, 0) is 18.1 Å². The number of likely N-dealkylation sites (N-methyl/N-ethyl adjacent to an activating group) is 1. The number of carbonyl (C=O) groups excluding carboxylic acids is 3. The highest BCUT2D eigenvalue weighted by molar-refractivity contribution is 8.01. The molecule has 0 N–H and O–H groups in total. The Hall–Kier alpha value is -3.06. The van der Waals surface area contributed by atoms with E-state index >= 15 is 0 Å². The molecule has 1 aliphatic rings. The lowest BCUT2D eigenvalue weighted by atomic mass is 9.92. The van der Waals surface area contributed by atoms with E-state index in [1.807, 2.05) is 43.3 Å². The summed E-state index contributed by atoms with van der Waals surface area (Å²) in [5, 5.41) is 0. The van der Waals surface area contributed by atoms with Crippen LogP contribution < -0.4 is 4.90 Å². The van der Waals surface area contributed by atoms with Crippen molar-refractivity contribution in [1.82, 2.24) is 0 Å². The molecule has 2 aromatic rings. The van der Waals surface area contributed by atoms with Crippen LogP contribution in [0, 0.1) is 0 Å². The molecule has 7 heteroatoms. The molecule has 0 aliphatic carbocycles. The highest BCUT2D eigenvalue weighted by atomic mass is 32.2. The van der Waals surface area contributed by atoms with E-state index in [1.165, 1.54) is 4.90 Å². The summed E-state index contributed by atoms with van der Waals surface area (Å²) in [6, 6.07) is 16.5. The normalized spacial score (nSPS) is 17.1. The van der Waals surface area contributed by atoms with Gasteiger partial charge in [0.25, 0.3) is 5.91 Å². The van der Waals surface area contributed by atoms with Crippen molar-refractivity contribution in [2.24, 2.45) is 0 Å². The van der Waals surface area contributed by atoms with E-state index in [2.05, 4.69) is 6.58 Å². The van der Waals surface area contributed by atoms with Crippen molar-refractivity contribution in [2.75, 3.05) is 24.3 Å². The van der Waals surface area contributed by atoms with Gasteiger partial charge in [0.05, 0.1) is 17.9 Å². The minimum absolute atomic E-state index is 0.0104. The average molecular weight is 454 g/mol. The van der Waals surface area contributed by atoms with Crippen molar-refractivity contribution in [3.05, 3.63) is 77.9 Å². The van der Waals surface area contributed by atoms with Crippen LogP contribution in [-0.2, 0) is 35.2 Å². The molecule has 32 heavy (non-hydrogen) atoms. The van der Waals surface area contributed by atoms with Gasteiger partial charge in [-0.2, -0.15) is 0 Å². The van der Waals surface area contributed by atoms with Gasteiger partial charge in [0.15, 0.2) is 4.75 Å². The summed E-state index contributed by atoms with van der Waals surface area (Å²) in [7, 11) is 1.65. The molecular weight excluding hydrogens is 426 g/mol. The molecule has 6 nitrogen and oxygen atoms in total. The smallest absolute Gasteiger partial charge is 0.335 e. The molecule has 1 amide bonds. The molecule has 1 unspecified atom stereocenters. The van der Waals surface area contributed by atoms with Gasteiger partial charge in [0, 0.05) is 18.3 Å². The molecule has 168 valence electrons. The van der Waals surface area contributed by atoms with E-state index in [-0.39, 0.29) is 30.4 Å². The number of esters is 2. The van der Waals surface area contributed by atoms with Gasteiger partial charge in [-0.15, -0.1) is 11.8 Å². The Bertz CT molecular complexity index is 1010. The highest BCUT2D eigenvalue weighted by Gasteiger charge is 2.54. The maximum atomic E-state index is 13.4. The zero-order valence-electron chi connectivity index (χ0n) is 18.3. The summed E-state index contributed by atoms with van der Waals surface area (Å²) >= 11 is 1.04. The standard InChI is InChI=1S/C25H27NO5S/c1-4-5-15-30-23(28)18(2)25(20-13-9-10-14-21(20)26(3)24(25)29)32-17-22(27)31-16-19-11-7-6-8-12-19/h6-14H,2,4-5,15-17H2,1,3H3. The molecule has 0 saturated heterocycles. The van der Waals surface area contributed by atoms with Crippen LogP contribution in [-0.4, -0.2) is 37.3 Å². The molecule has 0 radical (unpaired) electrons. The number of fused-ring (bicyclic) bond motifs is 1. The van der Waals surface area contributed by atoms with Crippen molar-refractivity contribution >= 4 is 35.3 Å². The lowest BCUT2D eigenvalue weighted by molar-refractivity contribution is -0.142. The third-order valence-corrected chi connectivity index (χ3v) is 6.76. The van der Waals surface area contributed by atoms with Crippen molar-refractivity contribution in [2.45, 2.75) is 31.1 Å². The lowest BCUT2D eigenvalue weighted by Crippen LogP contribution is -2.41. The highest BCUT2D eigenvalue weighted by Crippen LogP contribution is 2.52. The first kappa shape index (κ1) is 23.6. The summed E-state index contributed by atoms with van der Waals surface area (Å²) < 4.78 is 9.28. The summed E-state index contributed by atoms with van der Waals surface area (Å²) in [5.41, 5.74) is 2.17. The molecule has 1 atom stereocenters. The molecule has 0 aromatic heterocycles. The van der Waals surface area contributed by atoms with Gasteiger partial charge >= 0.3 is 11.9 Å². The molecule has 0 spiro atoms. The van der Waals surface area contributed by atoms with Gasteiger partial charge in [0.1, 0.15) is 6.61 Å². The fourth-order valence-electron chi connectivity index (χ4n) is 3.53. The number of benzene rings is 2. The number of anilines is 1. The fourth-order valence-corrected chi connectivity index (χ4v) is 4.79. The molecule has 0 fully saturated rings. The Morgan fingerprint density at radius 3 is 2.47 bits per heavy atom. The maximum Gasteiger partial charge on any atom is 0.335 e. The third kappa shape index (κ3) is 4.72. The first-order valence-corrected chi connectivity index (χ1v) is 11.5. The van der Waals surface area contributed by atoms with Crippen molar-refractivity contribution in [3.63, 3.8) is 0 Å². The number of unbranched alkanes of at least 4 members (excludes halogenated alkanes) is 1. The number of nitrogens with zero attached hydrogens (tertiary/aromatic N) is 1.